The zero-order valence-corrected chi connectivity index (χ0v) is 13.9. The van der Waals surface area contributed by atoms with Gasteiger partial charge >= 0.3 is 12.1 Å². The number of likely N-dealkylation sites (tertiary alicyclic amines) is 1. The van der Waals surface area contributed by atoms with Crippen molar-refractivity contribution >= 4 is 12.1 Å². The SMILES string of the molecule is COC(=O)[C@@H](NC1CCN(C(=O)OC(C)(C)C)C1)C(C)C. The summed E-state index contributed by atoms with van der Waals surface area (Å²) in [5, 5.41) is 3.29. The van der Waals surface area contributed by atoms with E-state index in [0.29, 0.717) is 13.1 Å². The second-order valence-corrected chi connectivity index (χ2v) is 6.82. The first-order valence-electron chi connectivity index (χ1n) is 7.46. The Labute approximate surface area is 127 Å². The van der Waals surface area contributed by atoms with E-state index in [4.69, 9.17) is 9.47 Å². The molecule has 1 amide bonds. The number of rotatable bonds is 4. The summed E-state index contributed by atoms with van der Waals surface area (Å²) in [6.07, 6.45) is 0.505. The van der Waals surface area contributed by atoms with Crippen LogP contribution in [0.25, 0.3) is 0 Å². The Balaban J connectivity index is 2.54. The molecule has 21 heavy (non-hydrogen) atoms. The molecule has 2 atom stereocenters. The molecule has 0 saturated carbocycles. The zero-order chi connectivity index (χ0) is 16.2. The van der Waals surface area contributed by atoms with Gasteiger partial charge in [0.25, 0.3) is 0 Å². The normalized spacial score (nSPS) is 20.5. The maximum atomic E-state index is 12.0. The lowest BCUT2D eigenvalue weighted by Crippen LogP contribution is -2.48. The number of ether oxygens (including phenoxy) is 2. The molecule has 6 nitrogen and oxygen atoms in total. The summed E-state index contributed by atoms with van der Waals surface area (Å²) in [5.74, 6) is -0.131. The number of nitrogens with zero attached hydrogens (tertiary/aromatic N) is 1. The van der Waals surface area contributed by atoms with E-state index < -0.39 is 5.60 Å². The highest BCUT2D eigenvalue weighted by Gasteiger charge is 2.33. The molecular weight excluding hydrogens is 272 g/mol. The van der Waals surface area contributed by atoms with Gasteiger partial charge in [-0.3, -0.25) is 10.1 Å². The van der Waals surface area contributed by atoms with Crippen molar-refractivity contribution in [3.8, 4) is 0 Å². The molecule has 0 spiro atoms. The van der Waals surface area contributed by atoms with Crippen molar-refractivity contribution in [1.29, 1.82) is 0 Å². The minimum atomic E-state index is -0.491. The van der Waals surface area contributed by atoms with E-state index in [9.17, 15) is 9.59 Å². The molecule has 0 bridgehead atoms. The second-order valence-electron chi connectivity index (χ2n) is 6.82. The predicted molar refractivity (Wildman–Crippen MR) is 80.0 cm³/mol. The van der Waals surface area contributed by atoms with Gasteiger partial charge in [-0.15, -0.1) is 0 Å². The third-order valence-electron chi connectivity index (χ3n) is 3.38. The first-order valence-corrected chi connectivity index (χ1v) is 7.46. The second kappa shape index (κ2) is 7.11. The summed E-state index contributed by atoms with van der Waals surface area (Å²) >= 11 is 0. The first kappa shape index (κ1) is 17.8. The van der Waals surface area contributed by atoms with Gasteiger partial charge in [0, 0.05) is 19.1 Å². The molecule has 6 heteroatoms. The smallest absolute Gasteiger partial charge is 0.410 e. The Kier molecular flexibility index (Phi) is 6.01. The lowest BCUT2D eigenvalue weighted by atomic mass is 10.0. The van der Waals surface area contributed by atoms with Gasteiger partial charge in [-0.05, 0) is 33.1 Å². The average Bonchev–Trinajstić information content (AvgIpc) is 2.81. The molecule has 1 N–H and O–H groups in total. The molecule has 0 radical (unpaired) electrons. The number of amides is 1. The maximum absolute atomic E-state index is 12.0. The minimum absolute atomic E-state index is 0.0871. The number of carbonyl (C=O) groups excluding carboxylic acids is 2. The zero-order valence-electron chi connectivity index (χ0n) is 13.9. The molecule has 1 heterocycles. The van der Waals surface area contributed by atoms with Crippen LogP contribution in [0.5, 0.6) is 0 Å². The van der Waals surface area contributed by atoms with Gasteiger partial charge in [0.1, 0.15) is 11.6 Å². The predicted octanol–water partition coefficient (Wildman–Crippen LogP) is 1.78. The fourth-order valence-electron chi connectivity index (χ4n) is 2.30. The molecule has 1 saturated heterocycles. The van der Waals surface area contributed by atoms with Crippen LogP contribution in [0.4, 0.5) is 4.79 Å². The van der Waals surface area contributed by atoms with Gasteiger partial charge in [-0.1, -0.05) is 13.8 Å². The van der Waals surface area contributed by atoms with E-state index in [-0.39, 0.29) is 30.1 Å². The van der Waals surface area contributed by atoms with Crippen LogP contribution in [0, 0.1) is 5.92 Å². The van der Waals surface area contributed by atoms with Crippen LogP contribution in [0.15, 0.2) is 0 Å². The van der Waals surface area contributed by atoms with Crippen molar-refractivity contribution < 1.29 is 19.1 Å². The van der Waals surface area contributed by atoms with Crippen LogP contribution < -0.4 is 5.32 Å². The van der Waals surface area contributed by atoms with Crippen molar-refractivity contribution in [1.82, 2.24) is 10.2 Å². The molecule has 0 aromatic rings. The van der Waals surface area contributed by atoms with Crippen molar-refractivity contribution in [3.63, 3.8) is 0 Å². The summed E-state index contributed by atoms with van der Waals surface area (Å²) in [7, 11) is 1.39. The fourth-order valence-corrected chi connectivity index (χ4v) is 2.30. The maximum Gasteiger partial charge on any atom is 0.410 e. The molecule has 1 rings (SSSR count). The molecule has 122 valence electrons. The Morgan fingerprint density at radius 2 is 1.90 bits per heavy atom. The first-order chi connectivity index (χ1) is 9.64. The standard InChI is InChI=1S/C15H28N2O4/c1-10(2)12(13(18)20-6)16-11-7-8-17(9-11)14(19)21-15(3,4)5/h10-12,16H,7-9H2,1-6H3/t11?,12-/m0/s1. The van der Waals surface area contributed by atoms with Crippen LogP contribution in [-0.2, 0) is 14.3 Å². The van der Waals surface area contributed by atoms with Crippen LogP contribution >= 0.6 is 0 Å². The van der Waals surface area contributed by atoms with Crippen molar-refractivity contribution in [2.24, 2.45) is 5.92 Å². The minimum Gasteiger partial charge on any atom is -0.468 e. The monoisotopic (exact) mass is 300 g/mol. The number of methoxy groups -OCH3 is 1. The van der Waals surface area contributed by atoms with Crippen molar-refractivity contribution in [2.75, 3.05) is 20.2 Å². The number of carbonyl (C=O) groups is 2. The van der Waals surface area contributed by atoms with E-state index >= 15 is 0 Å². The third-order valence-corrected chi connectivity index (χ3v) is 3.38. The molecule has 1 unspecified atom stereocenters. The Bertz CT molecular complexity index is 376. The van der Waals surface area contributed by atoms with Gasteiger partial charge < -0.3 is 14.4 Å². The summed E-state index contributed by atoms with van der Waals surface area (Å²) < 4.78 is 10.2. The quantitative estimate of drug-likeness (QED) is 0.802. The Morgan fingerprint density at radius 1 is 1.29 bits per heavy atom. The molecular formula is C15H28N2O4. The van der Waals surface area contributed by atoms with Crippen LogP contribution in [-0.4, -0.2) is 54.8 Å². The molecule has 1 fully saturated rings. The molecule has 1 aliphatic rings. The summed E-state index contributed by atoms with van der Waals surface area (Å²) in [5.41, 5.74) is -0.491. The highest BCUT2D eigenvalue weighted by Crippen LogP contribution is 2.17. The van der Waals surface area contributed by atoms with Crippen LogP contribution in [0.2, 0.25) is 0 Å². The molecule has 1 aliphatic heterocycles. The number of hydrogen-bond acceptors (Lipinski definition) is 5. The van der Waals surface area contributed by atoms with Crippen LogP contribution in [0.1, 0.15) is 41.0 Å². The summed E-state index contributed by atoms with van der Waals surface area (Å²) in [6, 6.07) is -0.261. The van der Waals surface area contributed by atoms with Crippen LogP contribution in [0.3, 0.4) is 0 Å². The summed E-state index contributed by atoms with van der Waals surface area (Å²) in [4.78, 5) is 25.4. The van der Waals surface area contributed by atoms with E-state index in [0.717, 1.165) is 6.42 Å². The Hall–Kier alpha value is -1.30. The van der Waals surface area contributed by atoms with E-state index in [1.165, 1.54) is 7.11 Å². The number of nitrogens with one attached hydrogen (secondary N) is 1. The fraction of sp³-hybridized carbons (Fsp3) is 0.867. The van der Waals surface area contributed by atoms with Crippen molar-refractivity contribution in [2.45, 2.75) is 58.7 Å². The summed E-state index contributed by atoms with van der Waals surface area (Å²) in [6.45, 7) is 10.7. The van der Waals surface area contributed by atoms with Crippen molar-refractivity contribution in [3.05, 3.63) is 0 Å². The number of hydrogen-bond donors (Lipinski definition) is 1. The van der Waals surface area contributed by atoms with E-state index in [2.05, 4.69) is 5.32 Å². The van der Waals surface area contributed by atoms with E-state index in [1.807, 2.05) is 34.6 Å². The molecule has 0 aliphatic carbocycles. The van der Waals surface area contributed by atoms with Gasteiger partial charge in [0.2, 0.25) is 0 Å². The largest absolute Gasteiger partial charge is 0.468 e. The topological polar surface area (TPSA) is 67.9 Å². The van der Waals surface area contributed by atoms with Gasteiger partial charge in [-0.2, -0.15) is 0 Å². The van der Waals surface area contributed by atoms with Gasteiger partial charge in [-0.25, -0.2) is 4.79 Å². The van der Waals surface area contributed by atoms with Gasteiger partial charge in [0.05, 0.1) is 7.11 Å². The third kappa shape index (κ3) is 5.53. The number of esters is 1. The lowest BCUT2D eigenvalue weighted by Gasteiger charge is -2.26. The average molecular weight is 300 g/mol. The highest BCUT2D eigenvalue weighted by molar-refractivity contribution is 5.76. The highest BCUT2D eigenvalue weighted by atomic mass is 16.6. The van der Waals surface area contributed by atoms with E-state index in [1.54, 1.807) is 4.90 Å². The Morgan fingerprint density at radius 3 is 2.38 bits per heavy atom. The lowest BCUT2D eigenvalue weighted by molar-refractivity contribution is -0.144. The van der Waals surface area contributed by atoms with Gasteiger partial charge in [0.15, 0.2) is 0 Å². The molecule has 0 aromatic heterocycles. The molecule has 0 aromatic carbocycles.